The molecule has 186 valence electrons. The zero-order chi connectivity index (χ0) is 25.3. The lowest BCUT2D eigenvalue weighted by Gasteiger charge is -2.19. The number of para-hydroxylation sites is 2. The van der Waals surface area contributed by atoms with Crippen LogP contribution < -0.4 is 13.8 Å². The predicted octanol–water partition coefficient (Wildman–Crippen LogP) is 3.85. The van der Waals surface area contributed by atoms with E-state index in [4.69, 9.17) is 9.47 Å². The lowest BCUT2D eigenvalue weighted by molar-refractivity contribution is 0.0997. The number of nitrogens with zero attached hydrogens (tertiary/aromatic N) is 3. The Hall–Kier alpha value is -3.47. The third-order valence-corrected chi connectivity index (χ3v) is 9.00. The number of methoxy groups -OCH3 is 2. The van der Waals surface area contributed by atoms with Gasteiger partial charge in [0.1, 0.15) is 11.3 Å². The molecule has 1 aliphatic rings. The summed E-state index contributed by atoms with van der Waals surface area (Å²) >= 11 is 1.38. The quantitative estimate of drug-likeness (QED) is 0.367. The van der Waals surface area contributed by atoms with Gasteiger partial charge < -0.3 is 14.0 Å². The SMILES string of the molecule is COCCn1c(=NC(=O)c2ccc(S(=O)(=O)N3CCc4ccccc43)cc2)sc2cccc(OC)c21. The predicted molar refractivity (Wildman–Crippen MR) is 139 cm³/mol. The fraction of sp³-hybridized carbons (Fsp3) is 0.231. The third-order valence-electron chi connectivity index (χ3n) is 6.13. The fourth-order valence-corrected chi connectivity index (χ4v) is 6.92. The van der Waals surface area contributed by atoms with Gasteiger partial charge in [-0.2, -0.15) is 4.99 Å². The van der Waals surface area contributed by atoms with Crippen LogP contribution in [0.4, 0.5) is 5.69 Å². The smallest absolute Gasteiger partial charge is 0.279 e. The Balaban J connectivity index is 1.47. The van der Waals surface area contributed by atoms with Gasteiger partial charge in [-0.25, -0.2) is 8.42 Å². The number of carbonyl (C=O) groups is 1. The van der Waals surface area contributed by atoms with Gasteiger partial charge in [-0.3, -0.25) is 9.10 Å². The van der Waals surface area contributed by atoms with Crippen molar-refractivity contribution in [2.75, 3.05) is 31.7 Å². The summed E-state index contributed by atoms with van der Waals surface area (Å²) < 4.78 is 41.6. The highest BCUT2D eigenvalue weighted by Gasteiger charge is 2.30. The standard InChI is InChI=1S/C26H25N3O5S2/c1-33-17-16-28-24-22(34-2)8-5-9-23(24)35-26(28)27-25(30)19-10-12-20(13-11-19)36(31,32)29-15-14-18-6-3-4-7-21(18)29/h3-13H,14-17H2,1-2H3. The summed E-state index contributed by atoms with van der Waals surface area (Å²) in [4.78, 5) is 18.1. The second-order valence-corrected chi connectivity index (χ2v) is 11.1. The molecule has 3 aromatic carbocycles. The van der Waals surface area contributed by atoms with Crippen molar-refractivity contribution in [3.8, 4) is 5.75 Å². The number of fused-ring (bicyclic) bond motifs is 2. The molecule has 0 aliphatic carbocycles. The van der Waals surface area contributed by atoms with Gasteiger partial charge in [-0.05, 0) is 54.4 Å². The molecular weight excluding hydrogens is 498 g/mol. The summed E-state index contributed by atoms with van der Waals surface area (Å²) in [5, 5.41) is 0. The van der Waals surface area contributed by atoms with E-state index in [2.05, 4.69) is 4.99 Å². The summed E-state index contributed by atoms with van der Waals surface area (Å²) in [6.07, 6.45) is 0.674. The van der Waals surface area contributed by atoms with Crippen molar-refractivity contribution >= 4 is 43.2 Å². The van der Waals surface area contributed by atoms with E-state index in [0.717, 1.165) is 15.8 Å². The second-order valence-electron chi connectivity index (χ2n) is 8.23. The summed E-state index contributed by atoms with van der Waals surface area (Å²) in [6.45, 7) is 1.34. The van der Waals surface area contributed by atoms with Crippen molar-refractivity contribution in [1.29, 1.82) is 0 Å². The first-order chi connectivity index (χ1) is 17.4. The topological polar surface area (TPSA) is 90.2 Å². The number of aromatic nitrogens is 1. The first kappa shape index (κ1) is 24.2. The Morgan fingerprint density at radius 1 is 1.03 bits per heavy atom. The van der Waals surface area contributed by atoms with Gasteiger partial charge in [0.25, 0.3) is 15.9 Å². The van der Waals surface area contributed by atoms with Crippen molar-refractivity contribution in [1.82, 2.24) is 4.57 Å². The van der Waals surface area contributed by atoms with Crippen molar-refractivity contribution in [2.24, 2.45) is 4.99 Å². The maximum Gasteiger partial charge on any atom is 0.279 e. The second kappa shape index (κ2) is 9.88. The molecule has 8 nitrogen and oxygen atoms in total. The monoisotopic (exact) mass is 523 g/mol. The minimum Gasteiger partial charge on any atom is -0.495 e. The Bertz CT molecular complexity index is 1600. The summed E-state index contributed by atoms with van der Waals surface area (Å²) in [5.74, 6) is 0.231. The molecule has 0 radical (unpaired) electrons. The van der Waals surface area contributed by atoms with Crippen LogP contribution in [0.5, 0.6) is 5.75 Å². The van der Waals surface area contributed by atoms with Gasteiger partial charge in [0.15, 0.2) is 4.80 Å². The number of rotatable bonds is 7. The van der Waals surface area contributed by atoms with Crippen molar-refractivity contribution < 1.29 is 22.7 Å². The van der Waals surface area contributed by atoms with E-state index in [0.29, 0.717) is 47.9 Å². The van der Waals surface area contributed by atoms with Gasteiger partial charge in [0, 0.05) is 25.8 Å². The van der Waals surface area contributed by atoms with Crippen molar-refractivity contribution in [3.05, 3.63) is 82.7 Å². The minimum atomic E-state index is -3.73. The molecule has 1 aliphatic heterocycles. The highest BCUT2D eigenvalue weighted by molar-refractivity contribution is 7.92. The molecule has 0 saturated carbocycles. The molecule has 5 rings (SSSR count). The Labute approximate surface area is 213 Å². The zero-order valence-electron chi connectivity index (χ0n) is 19.9. The molecule has 0 saturated heterocycles. The van der Waals surface area contributed by atoms with Crippen LogP contribution in [0.25, 0.3) is 10.2 Å². The molecule has 1 aromatic heterocycles. The van der Waals surface area contributed by atoms with E-state index in [-0.39, 0.29) is 4.90 Å². The van der Waals surface area contributed by atoms with Crippen LogP contribution in [0.1, 0.15) is 15.9 Å². The molecular formula is C26H25N3O5S2. The lowest BCUT2D eigenvalue weighted by atomic mass is 10.2. The third kappa shape index (κ3) is 4.32. The molecule has 36 heavy (non-hydrogen) atoms. The van der Waals surface area contributed by atoms with Crippen LogP contribution in [0.2, 0.25) is 0 Å². The van der Waals surface area contributed by atoms with Gasteiger partial charge >= 0.3 is 0 Å². The largest absolute Gasteiger partial charge is 0.495 e. The van der Waals surface area contributed by atoms with Crippen LogP contribution in [0, 0.1) is 0 Å². The number of anilines is 1. The zero-order valence-corrected chi connectivity index (χ0v) is 21.5. The molecule has 2 heterocycles. The Morgan fingerprint density at radius 3 is 2.56 bits per heavy atom. The maximum absolute atomic E-state index is 13.3. The van der Waals surface area contributed by atoms with E-state index in [9.17, 15) is 13.2 Å². The molecule has 1 amide bonds. The number of sulfonamides is 1. The van der Waals surface area contributed by atoms with E-state index < -0.39 is 15.9 Å². The van der Waals surface area contributed by atoms with Crippen LogP contribution in [-0.2, 0) is 27.7 Å². The van der Waals surface area contributed by atoms with Crippen LogP contribution in [-0.4, -0.2) is 46.3 Å². The van der Waals surface area contributed by atoms with Crippen LogP contribution >= 0.6 is 11.3 Å². The lowest BCUT2D eigenvalue weighted by Crippen LogP contribution is -2.29. The number of ether oxygens (including phenoxy) is 2. The minimum absolute atomic E-state index is 0.137. The van der Waals surface area contributed by atoms with E-state index in [1.165, 1.54) is 39.9 Å². The number of amides is 1. The first-order valence-electron chi connectivity index (χ1n) is 11.4. The average molecular weight is 524 g/mol. The van der Waals surface area contributed by atoms with E-state index in [1.54, 1.807) is 14.2 Å². The molecule has 10 heteroatoms. The molecule has 0 bridgehead atoms. The molecule has 0 atom stereocenters. The molecule has 0 N–H and O–H groups in total. The van der Waals surface area contributed by atoms with Gasteiger partial charge in [-0.15, -0.1) is 0 Å². The van der Waals surface area contributed by atoms with Crippen molar-refractivity contribution in [3.63, 3.8) is 0 Å². The average Bonchev–Trinajstić information content (AvgIpc) is 3.49. The molecule has 4 aromatic rings. The summed E-state index contributed by atoms with van der Waals surface area (Å²) in [6, 6.07) is 19.1. The molecule has 0 fully saturated rings. The number of carbonyl (C=O) groups excluding carboxylic acids is 1. The molecule has 0 unspecified atom stereocenters. The van der Waals surface area contributed by atoms with Crippen molar-refractivity contribution in [2.45, 2.75) is 17.9 Å². The highest BCUT2D eigenvalue weighted by atomic mass is 32.2. The van der Waals surface area contributed by atoms with E-state index >= 15 is 0 Å². The van der Waals surface area contributed by atoms with Gasteiger partial charge in [-0.1, -0.05) is 35.6 Å². The molecule has 0 spiro atoms. The highest BCUT2D eigenvalue weighted by Crippen LogP contribution is 2.32. The fourth-order valence-electron chi connectivity index (χ4n) is 4.34. The van der Waals surface area contributed by atoms with Gasteiger partial charge in [0.2, 0.25) is 0 Å². The number of hydrogen-bond donors (Lipinski definition) is 0. The number of thiazole rings is 1. The maximum atomic E-state index is 13.3. The Morgan fingerprint density at radius 2 is 1.81 bits per heavy atom. The number of benzene rings is 3. The van der Waals surface area contributed by atoms with Crippen LogP contribution in [0.15, 0.2) is 76.6 Å². The van der Waals surface area contributed by atoms with Gasteiger partial charge in [0.05, 0.1) is 29.0 Å². The first-order valence-corrected chi connectivity index (χ1v) is 13.6. The van der Waals surface area contributed by atoms with Crippen LogP contribution in [0.3, 0.4) is 0 Å². The Kier molecular flexibility index (Phi) is 6.65. The summed E-state index contributed by atoms with van der Waals surface area (Å²) in [7, 11) is -0.516. The van der Waals surface area contributed by atoms with E-state index in [1.807, 2.05) is 47.0 Å². The summed E-state index contributed by atoms with van der Waals surface area (Å²) in [5.41, 5.74) is 2.86. The normalized spacial score (nSPS) is 13.8. The number of hydrogen-bond acceptors (Lipinski definition) is 6.